The number of ketones is 1. The first-order chi connectivity index (χ1) is 9.28. The molecule has 1 aromatic rings. The summed E-state index contributed by atoms with van der Waals surface area (Å²) in [5.74, 6) is 1.02. The third-order valence-electron chi connectivity index (χ3n) is 3.67. The maximum Gasteiger partial charge on any atom is 0.178 e. The molecule has 0 saturated heterocycles. The summed E-state index contributed by atoms with van der Waals surface area (Å²) in [7, 11) is 0. The smallest absolute Gasteiger partial charge is 0.178 e. The van der Waals surface area contributed by atoms with Crippen molar-refractivity contribution in [2.45, 2.75) is 19.4 Å². The second kappa shape index (κ2) is 4.88. The van der Waals surface area contributed by atoms with Gasteiger partial charge in [0.25, 0.3) is 0 Å². The molecule has 0 heterocycles. The molecule has 1 spiro atoms. The number of ether oxygens (including phenoxy) is 1. The van der Waals surface area contributed by atoms with Crippen LogP contribution in [0.3, 0.4) is 0 Å². The molecule has 2 aliphatic carbocycles. The average molecular weight is 252 g/mol. The quantitative estimate of drug-likeness (QED) is 0.822. The van der Waals surface area contributed by atoms with E-state index in [2.05, 4.69) is 18.2 Å². The minimum atomic E-state index is -0.192. The van der Waals surface area contributed by atoms with Crippen molar-refractivity contribution in [1.82, 2.24) is 0 Å². The second-order valence-corrected chi connectivity index (χ2v) is 4.99. The first-order valence-electron chi connectivity index (χ1n) is 6.58. The van der Waals surface area contributed by atoms with E-state index >= 15 is 0 Å². The minimum absolute atomic E-state index is 0.0555. The SMILES string of the molecule is O=C1C=CC2(C=C1)CCC=C2OCc1ccccc1. The molecule has 0 bridgehead atoms. The van der Waals surface area contributed by atoms with Gasteiger partial charge in [-0.3, -0.25) is 4.79 Å². The van der Waals surface area contributed by atoms with Crippen LogP contribution < -0.4 is 0 Å². The zero-order valence-corrected chi connectivity index (χ0v) is 10.7. The molecule has 0 saturated carbocycles. The molecule has 1 aromatic carbocycles. The highest BCUT2D eigenvalue weighted by Gasteiger charge is 2.35. The third kappa shape index (κ3) is 2.39. The van der Waals surface area contributed by atoms with Gasteiger partial charge in [-0.2, -0.15) is 0 Å². The standard InChI is InChI=1S/C17H16O2/c18-15-8-11-17(12-9-15)10-4-7-16(17)19-13-14-5-2-1-3-6-14/h1-3,5-9,11-12H,4,10,13H2. The number of hydrogen-bond acceptors (Lipinski definition) is 2. The van der Waals surface area contributed by atoms with Crippen LogP contribution in [0.5, 0.6) is 0 Å². The zero-order chi connectivity index (χ0) is 13.1. The maximum atomic E-state index is 11.3. The van der Waals surface area contributed by atoms with Crippen LogP contribution in [0.15, 0.2) is 66.5 Å². The first kappa shape index (κ1) is 12.0. The van der Waals surface area contributed by atoms with Crippen molar-refractivity contribution >= 4 is 5.78 Å². The molecular weight excluding hydrogens is 236 g/mol. The molecule has 0 fully saturated rings. The molecule has 0 amide bonds. The van der Waals surface area contributed by atoms with Crippen LogP contribution in [-0.4, -0.2) is 5.78 Å². The summed E-state index contributed by atoms with van der Waals surface area (Å²) < 4.78 is 5.96. The van der Waals surface area contributed by atoms with Gasteiger partial charge in [-0.05, 0) is 36.6 Å². The van der Waals surface area contributed by atoms with Gasteiger partial charge >= 0.3 is 0 Å². The summed E-state index contributed by atoms with van der Waals surface area (Å²) in [6.07, 6.45) is 11.3. The molecule has 3 rings (SSSR count). The fraction of sp³-hybridized carbons (Fsp3) is 0.235. The average Bonchev–Trinajstić information content (AvgIpc) is 2.84. The summed E-state index contributed by atoms with van der Waals surface area (Å²) in [6, 6.07) is 10.1. The number of hydrogen-bond donors (Lipinski definition) is 0. The van der Waals surface area contributed by atoms with Crippen LogP contribution in [-0.2, 0) is 16.1 Å². The molecule has 19 heavy (non-hydrogen) atoms. The lowest BCUT2D eigenvalue weighted by Gasteiger charge is -2.27. The Morgan fingerprint density at radius 3 is 2.58 bits per heavy atom. The molecular formula is C17H16O2. The normalized spacial score (nSPS) is 19.8. The molecule has 0 radical (unpaired) electrons. The van der Waals surface area contributed by atoms with Crippen LogP contribution in [0.2, 0.25) is 0 Å². The van der Waals surface area contributed by atoms with Gasteiger partial charge < -0.3 is 4.74 Å². The molecule has 0 aromatic heterocycles. The summed E-state index contributed by atoms with van der Waals surface area (Å²) in [6.45, 7) is 0.573. The van der Waals surface area contributed by atoms with Gasteiger partial charge in [0.05, 0.1) is 5.41 Å². The minimum Gasteiger partial charge on any atom is -0.492 e. The van der Waals surface area contributed by atoms with Crippen LogP contribution in [0.4, 0.5) is 0 Å². The van der Waals surface area contributed by atoms with E-state index in [0.717, 1.165) is 24.2 Å². The Kier molecular flexibility index (Phi) is 3.08. The Balaban J connectivity index is 1.73. The molecule has 0 N–H and O–H groups in total. The highest BCUT2D eigenvalue weighted by molar-refractivity contribution is 6.00. The predicted molar refractivity (Wildman–Crippen MR) is 74.3 cm³/mol. The molecule has 0 unspecified atom stereocenters. The molecule has 0 atom stereocenters. The van der Waals surface area contributed by atoms with Gasteiger partial charge in [0.15, 0.2) is 5.78 Å². The van der Waals surface area contributed by atoms with Crippen molar-refractivity contribution in [3.8, 4) is 0 Å². The van der Waals surface area contributed by atoms with Gasteiger partial charge in [-0.1, -0.05) is 42.5 Å². The topological polar surface area (TPSA) is 26.3 Å². The molecule has 2 nitrogen and oxygen atoms in total. The van der Waals surface area contributed by atoms with E-state index in [9.17, 15) is 4.79 Å². The van der Waals surface area contributed by atoms with E-state index in [1.54, 1.807) is 12.2 Å². The fourth-order valence-electron chi connectivity index (χ4n) is 2.59. The Bertz CT molecular complexity index is 548. The number of allylic oxidation sites excluding steroid dienone is 4. The maximum absolute atomic E-state index is 11.3. The third-order valence-corrected chi connectivity index (χ3v) is 3.67. The number of rotatable bonds is 3. The monoisotopic (exact) mass is 252 g/mol. The molecule has 0 aliphatic heterocycles. The fourth-order valence-corrected chi connectivity index (χ4v) is 2.59. The predicted octanol–water partition coefficient (Wildman–Crippen LogP) is 3.56. The molecule has 2 aliphatic rings. The molecule has 96 valence electrons. The highest BCUT2D eigenvalue weighted by atomic mass is 16.5. The number of benzene rings is 1. The Labute approximate surface area is 113 Å². The van der Waals surface area contributed by atoms with Crippen molar-refractivity contribution in [3.63, 3.8) is 0 Å². The van der Waals surface area contributed by atoms with E-state index in [1.165, 1.54) is 0 Å². The first-order valence-corrected chi connectivity index (χ1v) is 6.58. The highest BCUT2D eigenvalue weighted by Crippen LogP contribution is 2.43. The van der Waals surface area contributed by atoms with Gasteiger partial charge in [-0.25, -0.2) is 0 Å². The molecule has 2 heteroatoms. The largest absolute Gasteiger partial charge is 0.492 e. The van der Waals surface area contributed by atoms with Gasteiger partial charge in [0.1, 0.15) is 12.4 Å². The lowest BCUT2D eigenvalue weighted by Crippen LogP contribution is -2.19. The van der Waals surface area contributed by atoms with Crippen molar-refractivity contribution in [3.05, 3.63) is 72.0 Å². The Morgan fingerprint density at radius 1 is 1.11 bits per heavy atom. The van der Waals surface area contributed by atoms with Crippen molar-refractivity contribution in [2.24, 2.45) is 5.41 Å². The Hall–Kier alpha value is -2.09. The van der Waals surface area contributed by atoms with Crippen LogP contribution in [0.1, 0.15) is 18.4 Å². The number of carbonyl (C=O) groups excluding carboxylic acids is 1. The van der Waals surface area contributed by atoms with Crippen LogP contribution in [0.25, 0.3) is 0 Å². The van der Waals surface area contributed by atoms with Crippen LogP contribution in [0, 0.1) is 5.41 Å². The lowest BCUT2D eigenvalue weighted by molar-refractivity contribution is -0.110. The number of carbonyl (C=O) groups is 1. The Morgan fingerprint density at radius 2 is 1.84 bits per heavy atom. The van der Waals surface area contributed by atoms with Gasteiger partial charge in [0.2, 0.25) is 0 Å². The van der Waals surface area contributed by atoms with E-state index in [-0.39, 0.29) is 11.2 Å². The van der Waals surface area contributed by atoms with E-state index in [0.29, 0.717) is 6.61 Å². The second-order valence-electron chi connectivity index (χ2n) is 4.99. The van der Waals surface area contributed by atoms with Crippen molar-refractivity contribution in [1.29, 1.82) is 0 Å². The van der Waals surface area contributed by atoms with Gasteiger partial charge in [-0.15, -0.1) is 0 Å². The van der Waals surface area contributed by atoms with E-state index in [1.807, 2.05) is 30.4 Å². The summed E-state index contributed by atoms with van der Waals surface area (Å²) in [4.78, 5) is 11.3. The summed E-state index contributed by atoms with van der Waals surface area (Å²) in [5.41, 5.74) is 0.966. The van der Waals surface area contributed by atoms with Crippen molar-refractivity contribution < 1.29 is 9.53 Å². The zero-order valence-electron chi connectivity index (χ0n) is 10.7. The lowest BCUT2D eigenvalue weighted by atomic mass is 9.82. The summed E-state index contributed by atoms with van der Waals surface area (Å²) >= 11 is 0. The summed E-state index contributed by atoms with van der Waals surface area (Å²) in [5, 5.41) is 0. The van der Waals surface area contributed by atoms with Gasteiger partial charge in [0, 0.05) is 0 Å². The van der Waals surface area contributed by atoms with E-state index < -0.39 is 0 Å². The van der Waals surface area contributed by atoms with Crippen LogP contribution >= 0.6 is 0 Å². The van der Waals surface area contributed by atoms with Crippen molar-refractivity contribution in [2.75, 3.05) is 0 Å². The van der Waals surface area contributed by atoms with E-state index in [4.69, 9.17) is 4.74 Å².